The summed E-state index contributed by atoms with van der Waals surface area (Å²) < 4.78 is 2.86. The van der Waals surface area contributed by atoms with E-state index in [9.17, 15) is 0 Å². The van der Waals surface area contributed by atoms with Gasteiger partial charge in [0.05, 0.1) is 12.2 Å². The number of nitrogens with one attached hydrogen (secondary N) is 1. The third-order valence-electron chi connectivity index (χ3n) is 2.54. The molecule has 0 spiro atoms. The molecule has 0 saturated heterocycles. The van der Waals surface area contributed by atoms with Gasteiger partial charge >= 0.3 is 0 Å². The Morgan fingerprint density at radius 1 is 1.44 bits per heavy atom. The lowest BCUT2D eigenvalue weighted by atomic mass is 10.1. The lowest BCUT2D eigenvalue weighted by Crippen LogP contribution is -2.06. The van der Waals surface area contributed by atoms with Crippen LogP contribution in [0.1, 0.15) is 31.2 Å². The molecule has 2 heterocycles. The van der Waals surface area contributed by atoms with E-state index >= 15 is 0 Å². The van der Waals surface area contributed by atoms with Crippen LogP contribution >= 0.6 is 12.2 Å². The van der Waals surface area contributed by atoms with Crippen molar-refractivity contribution >= 4 is 12.2 Å². The van der Waals surface area contributed by atoms with Crippen LogP contribution in [0.4, 0.5) is 0 Å². The van der Waals surface area contributed by atoms with Crippen molar-refractivity contribution in [3.05, 3.63) is 46.8 Å². The quantitative estimate of drug-likeness (QED) is 0.826. The average Bonchev–Trinajstić information content (AvgIpc) is 2.62. The Hall–Kier alpha value is -1.42. The highest BCUT2D eigenvalue weighted by molar-refractivity contribution is 7.71. The summed E-state index contributed by atoms with van der Waals surface area (Å²) in [6.45, 7) is 5.05. The predicted molar refractivity (Wildman–Crippen MR) is 67.0 cm³/mol. The number of imidazole rings is 1. The van der Waals surface area contributed by atoms with Crippen molar-refractivity contribution in [2.24, 2.45) is 0 Å². The zero-order chi connectivity index (χ0) is 11.5. The second kappa shape index (κ2) is 4.61. The van der Waals surface area contributed by atoms with Gasteiger partial charge in [-0.05, 0) is 30.3 Å². The number of nitrogens with zero attached hydrogens (tertiary/aromatic N) is 2. The minimum Gasteiger partial charge on any atom is -0.337 e. The second-order valence-electron chi connectivity index (χ2n) is 4.08. The molecule has 0 aliphatic carbocycles. The molecule has 0 radical (unpaired) electrons. The molecule has 4 heteroatoms. The minimum atomic E-state index is 0.455. The molecule has 0 unspecified atom stereocenters. The average molecular weight is 233 g/mol. The van der Waals surface area contributed by atoms with E-state index in [1.807, 2.05) is 24.4 Å². The van der Waals surface area contributed by atoms with Crippen LogP contribution in [0.25, 0.3) is 0 Å². The van der Waals surface area contributed by atoms with Gasteiger partial charge in [0.25, 0.3) is 0 Å². The molecule has 0 fully saturated rings. The molecule has 0 aliphatic heterocycles. The Bertz CT molecular complexity index is 511. The molecule has 0 amide bonds. The molecule has 0 atom stereocenters. The molecular formula is C12H15N3S. The number of aromatic nitrogens is 3. The maximum Gasteiger partial charge on any atom is 0.177 e. The van der Waals surface area contributed by atoms with Gasteiger partial charge in [-0.15, -0.1) is 0 Å². The molecule has 0 aromatic carbocycles. The molecule has 3 nitrogen and oxygen atoms in total. The smallest absolute Gasteiger partial charge is 0.177 e. The van der Waals surface area contributed by atoms with Crippen LogP contribution in [0.15, 0.2) is 30.6 Å². The van der Waals surface area contributed by atoms with E-state index in [0.29, 0.717) is 5.92 Å². The Morgan fingerprint density at radius 2 is 2.25 bits per heavy atom. The Kier molecular flexibility index (Phi) is 3.19. The Labute approximate surface area is 100 Å². The molecule has 84 valence electrons. The summed E-state index contributed by atoms with van der Waals surface area (Å²) in [5.41, 5.74) is 2.25. The third-order valence-corrected chi connectivity index (χ3v) is 2.88. The van der Waals surface area contributed by atoms with Crippen LogP contribution in [0.5, 0.6) is 0 Å². The van der Waals surface area contributed by atoms with Crippen molar-refractivity contribution in [3.8, 4) is 0 Å². The zero-order valence-electron chi connectivity index (χ0n) is 9.47. The van der Waals surface area contributed by atoms with E-state index in [4.69, 9.17) is 12.2 Å². The first-order chi connectivity index (χ1) is 7.68. The fourth-order valence-corrected chi connectivity index (χ4v) is 1.93. The second-order valence-corrected chi connectivity index (χ2v) is 4.47. The lowest BCUT2D eigenvalue weighted by molar-refractivity contribution is 0.674. The summed E-state index contributed by atoms with van der Waals surface area (Å²) in [6, 6.07) is 5.93. The maximum absolute atomic E-state index is 5.27. The molecule has 2 aromatic heterocycles. The minimum absolute atomic E-state index is 0.455. The standard InChI is InChI=1S/C12H15N3S/c1-9(2)11-7-14-12(16)15(11)8-10-5-3-4-6-13-10/h3-7,9H,8H2,1-2H3,(H,14,16). The zero-order valence-corrected chi connectivity index (χ0v) is 10.3. The monoisotopic (exact) mass is 233 g/mol. The van der Waals surface area contributed by atoms with Crippen LogP contribution in [-0.4, -0.2) is 14.5 Å². The van der Waals surface area contributed by atoms with Crippen molar-refractivity contribution in [1.29, 1.82) is 0 Å². The Balaban J connectivity index is 2.34. The lowest BCUT2D eigenvalue weighted by Gasteiger charge is -2.10. The van der Waals surface area contributed by atoms with E-state index in [1.165, 1.54) is 5.69 Å². The number of H-pyrrole nitrogens is 1. The highest BCUT2D eigenvalue weighted by Gasteiger charge is 2.08. The summed E-state index contributed by atoms with van der Waals surface area (Å²) in [4.78, 5) is 7.40. The highest BCUT2D eigenvalue weighted by Crippen LogP contribution is 2.15. The van der Waals surface area contributed by atoms with E-state index in [-0.39, 0.29) is 0 Å². The normalized spacial score (nSPS) is 10.9. The van der Waals surface area contributed by atoms with E-state index < -0.39 is 0 Å². The van der Waals surface area contributed by atoms with Gasteiger partial charge in [-0.2, -0.15) is 0 Å². The Morgan fingerprint density at radius 3 is 2.88 bits per heavy atom. The van der Waals surface area contributed by atoms with Crippen molar-refractivity contribution in [3.63, 3.8) is 0 Å². The number of pyridine rings is 1. The largest absolute Gasteiger partial charge is 0.337 e. The van der Waals surface area contributed by atoms with Crippen molar-refractivity contribution in [2.45, 2.75) is 26.3 Å². The number of aromatic amines is 1. The maximum atomic E-state index is 5.27. The number of hydrogen-bond donors (Lipinski definition) is 1. The van der Waals surface area contributed by atoms with Crippen LogP contribution in [0.3, 0.4) is 0 Å². The molecular weight excluding hydrogens is 218 g/mol. The summed E-state index contributed by atoms with van der Waals surface area (Å²) in [5.74, 6) is 0.455. The van der Waals surface area contributed by atoms with Gasteiger partial charge in [0.2, 0.25) is 0 Å². The summed E-state index contributed by atoms with van der Waals surface area (Å²) >= 11 is 5.27. The van der Waals surface area contributed by atoms with Crippen LogP contribution in [0.2, 0.25) is 0 Å². The van der Waals surface area contributed by atoms with Gasteiger partial charge in [0.1, 0.15) is 0 Å². The third kappa shape index (κ3) is 2.22. The van der Waals surface area contributed by atoms with Gasteiger partial charge < -0.3 is 9.55 Å². The number of rotatable bonds is 3. The fraction of sp³-hybridized carbons (Fsp3) is 0.333. The molecule has 0 bridgehead atoms. The highest BCUT2D eigenvalue weighted by atomic mass is 32.1. The molecule has 16 heavy (non-hydrogen) atoms. The molecule has 2 rings (SSSR count). The SMILES string of the molecule is CC(C)c1c[nH]c(=S)n1Cc1ccccn1. The van der Waals surface area contributed by atoms with Crippen molar-refractivity contribution in [1.82, 2.24) is 14.5 Å². The number of hydrogen-bond acceptors (Lipinski definition) is 2. The van der Waals surface area contributed by atoms with Gasteiger partial charge in [-0.3, -0.25) is 4.98 Å². The van der Waals surface area contributed by atoms with E-state index in [0.717, 1.165) is 17.0 Å². The first-order valence-electron chi connectivity index (χ1n) is 5.36. The van der Waals surface area contributed by atoms with Gasteiger partial charge in [0, 0.05) is 18.1 Å². The summed E-state index contributed by atoms with van der Waals surface area (Å²) in [7, 11) is 0. The first-order valence-corrected chi connectivity index (χ1v) is 5.77. The molecule has 0 saturated carbocycles. The van der Waals surface area contributed by atoms with E-state index in [2.05, 4.69) is 28.4 Å². The predicted octanol–water partition coefficient (Wildman–Crippen LogP) is 3.11. The molecule has 1 N–H and O–H groups in total. The van der Waals surface area contributed by atoms with Gasteiger partial charge in [-0.25, -0.2) is 0 Å². The fourth-order valence-electron chi connectivity index (χ4n) is 1.70. The van der Waals surface area contributed by atoms with E-state index in [1.54, 1.807) is 6.20 Å². The topological polar surface area (TPSA) is 33.6 Å². The summed E-state index contributed by atoms with van der Waals surface area (Å²) in [5, 5.41) is 0. The van der Waals surface area contributed by atoms with Crippen LogP contribution in [0, 0.1) is 4.77 Å². The van der Waals surface area contributed by atoms with Gasteiger partial charge in [0.15, 0.2) is 4.77 Å². The molecule has 2 aromatic rings. The van der Waals surface area contributed by atoms with Crippen molar-refractivity contribution in [2.75, 3.05) is 0 Å². The van der Waals surface area contributed by atoms with Crippen LogP contribution in [-0.2, 0) is 6.54 Å². The first kappa shape index (κ1) is 11.1. The van der Waals surface area contributed by atoms with Gasteiger partial charge in [-0.1, -0.05) is 19.9 Å². The summed E-state index contributed by atoms with van der Waals surface area (Å²) in [6.07, 6.45) is 3.79. The van der Waals surface area contributed by atoms with Crippen molar-refractivity contribution < 1.29 is 0 Å². The van der Waals surface area contributed by atoms with Crippen LogP contribution < -0.4 is 0 Å². The molecule has 0 aliphatic rings.